The lowest BCUT2D eigenvalue weighted by Crippen LogP contribution is -2.78. The van der Waals surface area contributed by atoms with Crippen molar-refractivity contribution >= 4 is 28.2 Å². The zero-order valence-corrected chi connectivity index (χ0v) is 31.9. The van der Waals surface area contributed by atoms with Gasteiger partial charge in [-0.15, -0.1) is 0 Å². The van der Waals surface area contributed by atoms with Crippen molar-refractivity contribution in [2.75, 3.05) is 11.9 Å². The van der Waals surface area contributed by atoms with Gasteiger partial charge in [0.25, 0.3) is 5.79 Å². The SMILES string of the molecule is Cc1cc(O)c2c(c1)C(=O)c1c(c3cc4c(nccc14)NC[C@@H](O)C1(CCCC1)C1=C4C=C[C@@]5(O3)O[C@@]4([C@@H](O)[C@H](O)[C@H]5O)[C@@H](O)[C@]3(CCC4(CCCC4)C3)C1)C2=O. The van der Waals surface area contributed by atoms with Gasteiger partial charge in [-0.1, -0.05) is 37.3 Å². The molecule has 3 saturated carbocycles. The summed E-state index contributed by atoms with van der Waals surface area (Å²) in [4.78, 5) is 33.9. The first-order chi connectivity index (χ1) is 27.3. The number of nitrogens with one attached hydrogen (secondary N) is 1. The minimum Gasteiger partial charge on any atom is -0.507 e. The highest BCUT2D eigenvalue weighted by Crippen LogP contribution is 2.69. The van der Waals surface area contributed by atoms with E-state index < -0.39 is 64.3 Å². The van der Waals surface area contributed by atoms with Gasteiger partial charge >= 0.3 is 0 Å². The standard InChI is InChI=1S/C45H48N2O10/c1-22-16-25-31(28(48)17-22)35(51)33-29-18-24-23(32(33)34(25)50)7-15-46-39(24)47-20-30(49)43(10-4-5-11-43)27-19-42(14-13-41(21-42)8-2-3-9-41)40(55)45-26(27)6-12-44(56-29,57-45)37(53)36(52)38(45)54/h6-7,12,15-18,30,36-38,40,48-49,52-55H,2-5,8-11,13-14,19-21H2,1H3,(H,46,47)/t30-,36-,37-,38+,40+,42-,44-,45+/m1/s1. The lowest BCUT2D eigenvalue weighted by molar-refractivity contribution is -0.367. The van der Waals surface area contributed by atoms with Crippen LogP contribution >= 0.6 is 0 Å². The normalized spacial score (nSPS) is 36.9. The van der Waals surface area contributed by atoms with Crippen molar-refractivity contribution in [2.45, 2.75) is 126 Å². The molecular formula is C45H48N2O10. The quantitative estimate of drug-likeness (QED) is 0.131. The average Bonchev–Trinajstić information content (AvgIpc) is 3.97. The number of hydrogen-bond donors (Lipinski definition) is 7. The molecule has 12 nitrogen and oxygen atoms in total. The molecule has 12 rings (SSSR count). The zero-order valence-electron chi connectivity index (χ0n) is 31.9. The molecule has 0 amide bonds. The first kappa shape index (κ1) is 36.0. The molecule has 3 aromatic rings. The molecule has 4 aliphatic heterocycles. The molecule has 4 fully saturated rings. The van der Waals surface area contributed by atoms with Gasteiger partial charge in [-0.3, -0.25) is 9.59 Å². The maximum Gasteiger partial charge on any atom is 0.260 e. The Balaban J connectivity index is 1.19. The Kier molecular flexibility index (Phi) is 7.40. The van der Waals surface area contributed by atoms with Gasteiger partial charge in [0, 0.05) is 40.1 Å². The summed E-state index contributed by atoms with van der Waals surface area (Å²) in [7, 11) is 0. The summed E-state index contributed by atoms with van der Waals surface area (Å²) in [5.41, 5.74) is -1.93. The zero-order chi connectivity index (χ0) is 39.4. The van der Waals surface area contributed by atoms with Crippen LogP contribution in [-0.4, -0.2) is 95.6 Å². The number of phenols is 1. The number of ether oxygens (including phenoxy) is 2. The summed E-state index contributed by atoms with van der Waals surface area (Å²) in [6, 6.07) is 6.12. The molecule has 298 valence electrons. The van der Waals surface area contributed by atoms with E-state index in [9.17, 15) is 40.2 Å². The number of aromatic nitrogens is 1. The summed E-state index contributed by atoms with van der Waals surface area (Å²) in [5, 5.41) is 77.4. The van der Waals surface area contributed by atoms with Crippen LogP contribution in [-0.2, 0) is 4.74 Å². The number of hydrogen-bond acceptors (Lipinski definition) is 12. The number of aliphatic hydroxyl groups excluding tert-OH is 5. The van der Waals surface area contributed by atoms with Crippen molar-refractivity contribution < 1.29 is 49.7 Å². The van der Waals surface area contributed by atoms with Crippen molar-refractivity contribution in [1.29, 1.82) is 0 Å². The third kappa shape index (κ3) is 4.46. The maximum atomic E-state index is 14.7. The van der Waals surface area contributed by atoms with E-state index in [1.165, 1.54) is 24.4 Å². The summed E-state index contributed by atoms with van der Waals surface area (Å²) >= 11 is 0. The van der Waals surface area contributed by atoms with Crippen LogP contribution in [0.15, 0.2) is 53.8 Å². The predicted octanol–water partition coefficient (Wildman–Crippen LogP) is 4.66. The summed E-state index contributed by atoms with van der Waals surface area (Å²) in [5.74, 6) is -3.73. The highest BCUT2D eigenvalue weighted by molar-refractivity contribution is 6.34. The number of ketones is 2. The second-order valence-corrected chi connectivity index (χ2v) is 18.7. The summed E-state index contributed by atoms with van der Waals surface area (Å²) in [6.45, 7) is 1.79. The molecule has 1 aromatic heterocycles. The number of pyridine rings is 1. The Morgan fingerprint density at radius 1 is 0.842 bits per heavy atom. The number of nitrogens with zero attached hydrogens (tertiary/aromatic N) is 1. The van der Waals surface area contributed by atoms with Gasteiger partial charge < -0.3 is 45.4 Å². The minimum absolute atomic E-state index is 0.000479. The van der Waals surface area contributed by atoms with Gasteiger partial charge in [-0.2, -0.15) is 0 Å². The Morgan fingerprint density at radius 3 is 2.37 bits per heavy atom. The van der Waals surface area contributed by atoms with Crippen molar-refractivity contribution in [1.82, 2.24) is 4.98 Å². The molecular weight excluding hydrogens is 728 g/mol. The van der Waals surface area contributed by atoms with Crippen molar-refractivity contribution in [2.24, 2.45) is 16.2 Å². The number of phenolic OH excluding ortho intramolecular Hbond substituents is 1. The number of aliphatic hydroxyl groups is 5. The Bertz CT molecular complexity index is 2380. The first-order valence-corrected chi connectivity index (χ1v) is 20.6. The number of carbonyl (C=O) groups is 2. The second kappa shape index (κ2) is 11.7. The second-order valence-electron chi connectivity index (χ2n) is 18.7. The number of aryl methyl sites for hydroxylation is 1. The van der Waals surface area contributed by atoms with Crippen LogP contribution in [0.3, 0.4) is 0 Å². The van der Waals surface area contributed by atoms with Crippen LogP contribution in [0.5, 0.6) is 11.5 Å². The molecule has 7 N–H and O–H groups in total. The van der Waals surface area contributed by atoms with Crippen molar-refractivity contribution in [3.05, 3.63) is 81.6 Å². The number of aromatic hydroxyl groups is 1. The molecule has 57 heavy (non-hydrogen) atoms. The monoisotopic (exact) mass is 776 g/mol. The van der Waals surface area contributed by atoms with Crippen molar-refractivity contribution in [3.8, 4) is 11.5 Å². The molecule has 1 saturated heterocycles. The highest BCUT2D eigenvalue weighted by atomic mass is 16.7. The number of benzene rings is 2. The van der Waals surface area contributed by atoms with E-state index in [4.69, 9.17) is 9.47 Å². The fourth-order valence-electron chi connectivity index (χ4n) is 13.2. The molecule has 5 aliphatic carbocycles. The molecule has 9 aliphatic rings. The summed E-state index contributed by atoms with van der Waals surface area (Å²) < 4.78 is 13.8. The summed E-state index contributed by atoms with van der Waals surface area (Å²) in [6.07, 6.45) is 6.87. The molecule has 8 atom stereocenters. The Morgan fingerprint density at radius 2 is 1.60 bits per heavy atom. The Labute approximate surface area is 329 Å². The topological polar surface area (TPSA) is 199 Å². The van der Waals surface area contributed by atoms with E-state index in [1.807, 2.05) is 0 Å². The highest BCUT2D eigenvalue weighted by Gasteiger charge is 2.73. The third-order valence-electron chi connectivity index (χ3n) is 15.8. The number of fused-ring (bicyclic) bond motifs is 5. The van der Waals surface area contributed by atoms with Gasteiger partial charge in [-0.05, 0) is 111 Å². The van der Waals surface area contributed by atoms with Gasteiger partial charge in [0.1, 0.15) is 29.5 Å². The molecule has 0 unspecified atom stereocenters. The molecule has 6 bridgehead atoms. The average molecular weight is 777 g/mol. The fraction of sp³-hybridized carbons (Fsp3) is 0.533. The number of anilines is 1. The molecule has 2 aromatic carbocycles. The molecule has 12 heteroatoms. The number of carbonyl (C=O) groups excluding carboxylic acids is 2. The molecule has 5 spiro atoms. The lowest BCUT2D eigenvalue weighted by atomic mass is 9.52. The van der Waals surface area contributed by atoms with E-state index >= 15 is 0 Å². The Hall–Kier alpha value is -4.17. The largest absolute Gasteiger partial charge is 0.507 e. The molecule has 0 radical (unpaired) electrons. The fourth-order valence-corrected chi connectivity index (χ4v) is 13.2. The van der Waals surface area contributed by atoms with Gasteiger partial charge in [-0.25, -0.2) is 4.98 Å². The number of rotatable bonds is 0. The van der Waals surface area contributed by atoms with Crippen LogP contribution in [0.1, 0.15) is 114 Å². The predicted molar refractivity (Wildman–Crippen MR) is 206 cm³/mol. The van der Waals surface area contributed by atoms with E-state index in [1.54, 1.807) is 25.1 Å². The molecule has 5 heterocycles. The van der Waals surface area contributed by atoms with Crippen LogP contribution in [0.2, 0.25) is 0 Å². The van der Waals surface area contributed by atoms with Crippen molar-refractivity contribution in [3.63, 3.8) is 0 Å². The minimum atomic E-state index is -2.28. The van der Waals surface area contributed by atoms with E-state index in [0.29, 0.717) is 59.8 Å². The van der Waals surface area contributed by atoms with Crippen LogP contribution in [0, 0.1) is 23.2 Å². The lowest BCUT2D eigenvalue weighted by Gasteiger charge is -2.63. The van der Waals surface area contributed by atoms with E-state index in [0.717, 1.165) is 50.5 Å². The van der Waals surface area contributed by atoms with E-state index in [-0.39, 0.29) is 45.7 Å². The van der Waals surface area contributed by atoms with Crippen LogP contribution in [0.4, 0.5) is 5.82 Å². The van der Waals surface area contributed by atoms with Gasteiger partial charge in [0.05, 0.1) is 23.3 Å². The van der Waals surface area contributed by atoms with E-state index in [2.05, 4.69) is 10.3 Å². The maximum absolute atomic E-state index is 14.7. The van der Waals surface area contributed by atoms with Crippen LogP contribution in [0.25, 0.3) is 10.8 Å². The third-order valence-corrected chi connectivity index (χ3v) is 15.8. The van der Waals surface area contributed by atoms with Gasteiger partial charge in [0.15, 0.2) is 17.5 Å². The van der Waals surface area contributed by atoms with Gasteiger partial charge in [0.2, 0.25) is 5.78 Å². The first-order valence-electron chi connectivity index (χ1n) is 20.6. The smallest absolute Gasteiger partial charge is 0.260 e. The van der Waals surface area contributed by atoms with Crippen LogP contribution < -0.4 is 10.1 Å².